The topological polar surface area (TPSA) is 192 Å². The molecule has 13 nitrogen and oxygen atoms in total. The van der Waals surface area contributed by atoms with E-state index in [0.29, 0.717) is 17.7 Å². The number of aliphatic hydroxyl groups excluding tert-OH is 1. The summed E-state index contributed by atoms with van der Waals surface area (Å²) in [6, 6.07) is 1.75. The van der Waals surface area contributed by atoms with Crippen LogP contribution in [0.3, 0.4) is 0 Å². The molecule has 1 aromatic rings. The maximum absolute atomic E-state index is 13.7. The summed E-state index contributed by atoms with van der Waals surface area (Å²) in [5.74, 6) is -3.65. The first-order valence-electron chi connectivity index (χ1n) is 15.2. The number of halogens is 3. The molecular formula is C30H45F3N6O7. The van der Waals surface area contributed by atoms with Crippen molar-refractivity contribution >= 4 is 35.4 Å². The van der Waals surface area contributed by atoms with Gasteiger partial charge in [0.2, 0.25) is 17.7 Å². The third kappa shape index (κ3) is 12.5. The highest BCUT2D eigenvalue weighted by atomic mass is 19.4. The molecule has 1 fully saturated rings. The zero-order valence-corrected chi connectivity index (χ0v) is 26.3. The summed E-state index contributed by atoms with van der Waals surface area (Å²) in [7, 11) is 1.14. The lowest BCUT2D eigenvalue weighted by Crippen LogP contribution is -2.54. The smallest absolute Gasteiger partial charge is 0.404 e. The molecule has 16 heteroatoms. The lowest BCUT2D eigenvalue weighted by Gasteiger charge is -2.39. The van der Waals surface area contributed by atoms with Crippen molar-refractivity contribution < 1.29 is 47.0 Å². The summed E-state index contributed by atoms with van der Waals surface area (Å²) < 4.78 is 45.8. The molecule has 1 aliphatic rings. The summed E-state index contributed by atoms with van der Waals surface area (Å²) in [5.41, 5.74) is 6.15. The van der Waals surface area contributed by atoms with Crippen LogP contribution in [0.5, 0.6) is 0 Å². The average molecular weight is 659 g/mol. The van der Waals surface area contributed by atoms with E-state index in [0.717, 1.165) is 7.11 Å². The number of amides is 5. The minimum absolute atomic E-state index is 0.0204. The number of piperidine rings is 1. The van der Waals surface area contributed by atoms with Gasteiger partial charge < -0.3 is 36.8 Å². The second kappa shape index (κ2) is 18.3. The molecule has 0 saturated carbocycles. The summed E-state index contributed by atoms with van der Waals surface area (Å²) >= 11 is 0. The van der Waals surface area contributed by atoms with Crippen LogP contribution in [0.25, 0.3) is 0 Å². The summed E-state index contributed by atoms with van der Waals surface area (Å²) in [5, 5.41) is 19.6. The fraction of sp³-hybridized carbons (Fsp3) is 0.633. The Morgan fingerprint density at radius 3 is 2.30 bits per heavy atom. The minimum atomic E-state index is -4.56. The second-order valence-electron chi connectivity index (χ2n) is 11.6. The number of hydrogen-bond acceptors (Lipinski definition) is 8. The van der Waals surface area contributed by atoms with Gasteiger partial charge in [0.1, 0.15) is 18.1 Å². The Morgan fingerprint density at radius 1 is 1.07 bits per heavy atom. The number of likely N-dealkylation sites (tertiary alicyclic amines) is 1. The van der Waals surface area contributed by atoms with E-state index < -0.39 is 72.3 Å². The van der Waals surface area contributed by atoms with Crippen LogP contribution in [0, 0.1) is 11.8 Å². The first kappa shape index (κ1) is 38.3. The SMILES string of the molecule is COC(=O)C1CCN(CCCC(=O)N[C@H](C(=O)N[C@@H](CCCNC(N)=O)C(=O)Nc2ccc(CO)cc2)C(C)C)C(C(F)(F)F)C1. The molecule has 46 heavy (non-hydrogen) atoms. The molecule has 258 valence electrons. The Hall–Kier alpha value is -3.92. The highest BCUT2D eigenvalue weighted by molar-refractivity contribution is 5.98. The van der Waals surface area contributed by atoms with Crippen molar-refractivity contribution in [3.63, 3.8) is 0 Å². The Morgan fingerprint density at radius 2 is 1.74 bits per heavy atom. The van der Waals surface area contributed by atoms with Crippen LogP contribution in [-0.4, -0.2) is 90.8 Å². The molecule has 1 aromatic carbocycles. The minimum Gasteiger partial charge on any atom is -0.469 e. The third-order valence-electron chi connectivity index (χ3n) is 7.75. The summed E-state index contributed by atoms with van der Waals surface area (Å²) in [6.45, 7) is 3.35. The highest BCUT2D eigenvalue weighted by Gasteiger charge is 2.48. The van der Waals surface area contributed by atoms with Crippen molar-refractivity contribution in [2.45, 2.75) is 83.3 Å². The molecule has 0 spiro atoms. The monoisotopic (exact) mass is 658 g/mol. The number of carbonyl (C=O) groups excluding carboxylic acids is 5. The summed E-state index contributed by atoms with van der Waals surface area (Å²) in [4.78, 5) is 63.3. The molecule has 1 heterocycles. The molecule has 1 aliphatic heterocycles. The number of aliphatic hydroxyl groups is 1. The van der Waals surface area contributed by atoms with Gasteiger partial charge in [-0.25, -0.2) is 4.79 Å². The number of benzene rings is 1. The van der Waals surface area contributed by atoms with Gasteiger partial charge in [-0.2, -0.15) is 13.2 Å². The van der Waals surface area contributed by atoms with Crippen LogP contribution >= 0.6 is 0 Å². The van der Waals surface area contributed by atoms with Crippen LogP contribution in [0.2, 0.25) is 0 Å². The zero-order chi connectivity index (χ0) is 34.4. The molecule has 0 aliphatic carbocycles. The number of carbonyl (C=O) groups is 5. The van der Waals surface area contributed by atoms with E-state index in [2.05, 4.69) is 26.0 Å². The zero-order valence-electron chi connectivity index (χ0n) is 26.3. The van der Waals surface area contributed by atoms with E-state index >= 15 is 0 Å². The Kier molecular flexibility index (Phi) is 15.2. The fourth-order valence-electron chi connectivity index (χ4n) is 5.20. The van der Waals surface area contributed by atoms with Crippen molar-refractivity contribution in [1.82, 2.24) is 20.9 Å². The van der Waals surface area contributed by atoms with Crippen molar-refractivity contribution in [3.8, 4) is 0 Å². The van der Waals surface area contributed by atoms with E-state index in [-0.39, 0.29) is 51.9 Å². The third-order valence-corrected chi connectivity index (χ3v) is 7.75. The van der Waals surface area contributed by atoms with Gasteiger partial charge in [-0.15, -0.1) is 0 Å². The van der Waals surface area contributed by atoms with E-state index in [1.54, 1.807) is 38.1 Å². The predicted octanol–water partition coefficient (Wildman–Crippen LogP) is 1.79. The number of urea groups is 1. The second-order valence-corrected chi connectivity index (χ2v) is 11.6. The van der Waals surface area contributed by atoms with Gasteiger partial charge in [0.25, 0.3) is 0 Å². The lowest BCUT2D eigenvalue weighted by atomic mass is 9.90. The van der Waals surface area contributed by atoms with Gasteiger partial charge in [0, 0.05) is 18.7 Å². The van der Waals surface area contributed by atoms with Gasteiger partial charge in [-0.3, -0.25) is 24.1 Å². The number of primary amides is 1. The molecule has 2 unspecified atom stereocenters. The first-order valence-corrected chi connectivity index (χ1v) is 15.2. The quantitative estimate of drug-likeness (QED) is 0.114. The number of nitrogens with two attached hydrogens (primary N) is 1. The number of anilines is 1. The normalized spacial score (nSPS) is 18.3. The summed E-state index contributed by atoms with van der Waals surface area (Å²) in [6.07, 6.45) is -4.41. The molecule has 1 saturated heterocycles. The van der Waals surface area contributed by atoms with Crippen LogP contribution in [0.1, 0.15) is 57.9 Å². The van der Waals surface area contributed by atoms with Gasteiger partial charge in [-0.1, -0.05) is 26.0 Å². The fourth-order valence-corrected chi connectivity index (χ4v) is 5.20. The van der Waals surface area contributed by atoms with Crippen molar-refractivity contribution in [1.29, 1.82) is 0 Å². The van der Waals surface area contributed by atoms with Crippen LogP contribution in [-0.2, 0) is 30.5 Å². The molecule has 0 bridgehead atoms. The van der Waals surface area contributed by atoms with Gasteiger partial charge in [0.15, 0.2) is 0 Å². The number of esters is 1. The van der Waals surface area contributed by atoms with Crippen LogP contribution < -0.4 is 27.0 Å². The molecule has 0 radical (unpaired) electrons. The van der Waals surface area contributed by atoms with Gasteiger partial charge >= 0.3 is 18.2 Å². The number of alkyl halides is 3. The average Bonchev–Trinajstić information content (AvgIpc) is 3.00. The van der Waals surface area contributed by atoms with E-state index in [9.17, 15) is 42.3 Å². The van der Waals surface area contributed by atoms with Crippen molar-refractivity contribution in [2.24, 2.45) is 17.6 Å². The van der Waals surface area contributed by atoms with Crippen LogP contribution in [0.4, 0.5) is 23.7 Å². The molecule has 2 rings (SSSR count). The lowest BCUT2D eigenvalue weighted by molar-refractivity contribution is -0.198. The maximum Gasteiger partial charge on any atom is 0.404 e. The van der Waals surface area contributed by atoms with E-state index in [4.69, 9.17) is 5.73 Å². The Bertz CT molecular complexity index is 1180. The number of nitrogens with one attached hydrogen (secondary N) is 4. The van der Waals surface area contributed by atoms with Crippen LogP contribution in [0.15, 0.2) is 24.3 Å². The van der Waals surface area contributed by atoms with Gasteiger partial charge in [0.05, 0.1) is 19.6 Å². The number of hydrogen-bond donors (Lipinski definition) is 6. The molecular weight excluding hydrogens is 613 g/mol. The molecule has 0 aromatic heterocycles. The molecule has 4 atom stereocenters. The number of ether oxygens (including phenoxy) is 1. The molecule has 5 amide bonds. The first-order chi connectivity index (χ1) is 21.7. The number of methoxy groups -OCH3 is 1. The Labute approximate surface area is 266 Å². The Balaban J connectivity index is 2.01. The van der Waals surface area contributed by atoms with Crippen molar-refractivity contribution in [3.05, 3.63) is 29.8 Å². The van der Waals surface area contributed by atoms with E-state index in [1.165, 1.54) is 4.90 Å². The number of nitrogens with zero attached hydrogens (tertiary/aromatic N) is 1. The maximum atomic E-state index is 13.7. The van der Waals surface area contributed by atoms with E-state index in [1.807, 2.05) is 0 Å². The molecule has 7 N–H and O–H groups in total. The largest absolute Gasteiger partial charge is 0.469 e. The number of rotatable bonds is 16. The predicted molar refractivity (Wildman–Crippen MR) is 162 cm³/mol. The standard InChI is InChI=1S/C30H45F3N6O7/c1-18(2)25(38-24(41)7-5-14-39-15-12-20(28(44)46-3)16-23(39)30(31,32)33)27(43)37-22(6-4-13-35-29(34)45)26(42)36-21-10-8-19(17-40)9-11-21/h8-11,18,20,22-23,25,40H,4-7,12-17H2,1-3H3,(H,36,42)(H,37,43)(H,38,41)(H3,34,35,45)/t20?,22-,23?,25-/m0/s1. The highest BCUT2D eigenvalue weighted by Crippen LogP contribution is 2.35. The van der Waals surface area contributed by atoms with Gasteiger partial charge in [-0.05, 0) is 68.8 Å². The van der Waals surface area contributed by atoms with Crippen molar-refractivity contribution in [2.75, 3.05) is 32.1 Å².